The number of nitro groups is 1. The summed E-state index contributed by atoms with van der Waals surface area (Å²) in [5.74, 6) is -0.252. The van der Waals surface area contributed by atoms with Crippen LogP contribution in [0.4, 0.5) is 18.9 Å². The third kappa shape index (κ3) is 5.27. The molecule has 8 nitrogen and oxygen atoms in total. The van der Waals surface area contributed by atoms with Gasteiger partial charge in [0.15, 0.2) is 18.1 Å². The largest absolute Gasteiger partial charge is 0.486 e. The van der Waals surface area contributed by atoms with Gasteiger partial charge in [-0.1, -0.05) is 12.1 Å². The minimum Gasteiger partial charge on any atom is -0.486 e. The lowest BCUT2D eigenvalue weighted by atomic mass is 10.1. The number of hydrogen-bond acceptors (Lipinski definition) is 6. The summed E-state index contributed by atoms with van der Waals surface area (Å²) in [6.45, 7) is -0.895. The zero-order valence-corrected chi connectivity index (χ0v) is 14.8. The summed E-state index contributed by atoms with van der Waals surface area (Å²) in [5, 5.41) is 13.8. The van der Waals surface area contributed by atoms with Gasteiger partial charge in [0, 0.05) is 12.6 Å². The van der Waals surface area contributed by atoms with E-state index in [4.69, 9.17) is 9.47 Å². The van der Waals surface area contributed by atoms with E-state index >= 15 is 0 Å². The second-order valence-corrected chi connectivity index (χ2v) is 6.00. The molecule has 11 heteroatoms. The maximum atomic E-state index is 12.4. The lowest BCUT2D eigenvalue weighted by molar-refractivity contribution is -0.385. The molecule has 1 N–H and O–H groups in total. The lowest BCUT2D eigenvalue weighted by Crippen LogP contribution is -2.24. The SMILES string of the molecule is O=C(NCc1ccc(OCC(F)(F)F)cc1)c1cc2c(cc1[N+](=O)[O-])OCCO2. The molecule has 1 heterocycles. The Kier molecular flexibility index (Phi) is 5.76. The normalized spacial score (nSPS) is 12.9. The van der Waals surface area contributed by atoms with Crippen molar-refractivity contribution < 1.29 is 37.1 Å². The summed E-state index contributed by atoms with van der Waals surface area (Å²) in [6.07, 6.45) is -4.44. The van der Waals surface area contributed by atoms with Gasteiger partial charge in [0.2, 0.25) is 0 Å². The summed E-state index contributed by atoms with van der Waals surface area (Å²) < 4.78 is 51.7. The van der Waals surface area contributed by atoms with Crippen LogP contribution in [0.3, 0.4) is 0 Å². The maximum absolute atomic E-state index is 12.4. The van der Waals surface area contributed by atoms with Crippen LogP contribution >= 0.6 is 0 Å². The van der Waals surface area contributed by atoms with Crippen molar-refractivity contribution in [2.24, 2.45) is 0 Å². The first kappa shape index (κ1) is 20.2. The molecule has 0 atom stereocenters. The molecular formula is C18H15F3N2O6. The Balaban J connectivity index is 1.67. The number of carbonyl (C=O) groups excluding carboxylic acids is 1. The van der Waals surface area contributed by atoms with Gasteiger partial charge in [-0.05, 0) is 17.7 Å². The van der Waals surface area contributed by atoms with Crippen molar-refractivity contribution in [3.63, 3.8) is 0 Å². The Hall–Kier alpha value is -3.50. The van der Waals surface area contributed by atoms with Crippen molar-refractivity contribution in [1.29, 1.82) is 0 Å². The Labute approximate surface area is 162 Å². The minimum atomic E-state index is -4.44. The molecule has 2 aromatic carbocycles. The molecule has 1 aliphatic heterocycles. The molecule has 3 rings (SSSR count). The van der Waals surface area contributed by atoms with Crippen LogP contribution in [-0.2, 0) is 6.54 Å². The molecule has 0 bridgehead atoms. The van der Waals surface area contributed by atoms with Gasteiger partial charge >= 0.3 is 6.18 Å². The molecule has 0 aromatic heterocycles. The molecule has 0 fully saturated rings. The van der Waals surface area contributed by atoms with Crippen molar-refractivity contribution in [3.8, 4) is 17.2 Å². The number of fused-ring (bicyclic) bond motifs is 1. The summed E-state index contributed by atoms with van der Waals surface area (Å²) >= 11 is 0. The number of nitrogens with zero attached hydrogens (tertiary/aromatic N) is 1. The van der Waals surface area contributed by atoms with E-state index in [2.05, 4.69) is 10.1 Å². The second-order valence-electron chi connectivity index (χ2n) is 6.00. The molecule has 154 valence electrons. The number of ether oxygens (including phenoxy) is 3. The predicted octanol–water partition coefficient (Wildman–Crippen LogP) is 3.24. The number of rotatable bonds is 6. The van der Waals surface area contributed by atoms with E-state index in [-0.39, 0.29) is 42.6 Å². The third-order valence-electron chi connectivity index (χ3n) is 3.88. The quantitative estimate of drug-likeness (QED) is 0.578. The maximum Gasteiger partial charge on any atom is 0.422 e. The highest BCUT2D eigenvalue weighted by atomic mass is 19.4. The zero-order chi connectivity index (χ0) is 21.0. The van der Waals surface area contributed by atoms with Crippen LogP contribution in [0.5, 0.6) is 17.2 Å². The van der Waals surface area contributed by atoms with Gasteiger partial charge < -0.3 is 19.5 Å². The number of alkyl halides is 3. The molecule has 0 aliphatic carbocycles. The van der Waals surface area contributed by atoms with E-state index in [1.807, 2.05) is 0 Å². The van der Waals surface area contributed by atoms with E-state index in [1.54, 1.807) is 0 Å². The molecule has 1 aliphatic rings. The zero-order valence-electron chi connectivity index (χ0n) is 14.8. The highest BCUT2D eigenvalue weighted by molar-refractivity contribution is 5.99. The van der Waals surface area contributed by atoms with E-state index < -0.39 is 29.3 Å². The minimum absolute atomic E-state index is 0.00395. The Morgan fingerprint density at radius 2 is 1.76 bits per heavy atom. The fourth-order valence-electron chi connectivity index (χ4n) is 2.56. The number of benzene rings is 2. The third-order valence-corrected chi connectivity index (χ3v) is 3.88. The van der Waals surface area contributed by atoms with Crippen molar-refractivity contribution in [1.82, 2.24) is 5.32 Å². The molecule has 0 unspecified atom stereocenters. The van der Waals surface area contributed by atoms with Crippen molar-refractivity contribution in [2.75, 3.05) is 19.8 Å². The molecule has 1 amide bonds. The number of nitrogens with one attached hydrogen (secondary N) is 1. The Morgan fingerprint density at radius 3 is 2.34 bits per heavy atom. The first-order chi connectivity index (χ1) is 13.7. The van der Waals surface area contributed by atoms with Crippen LogP contribution in [0.25, 0.3) is 0 Å². The second kappa shape index (κ2) is 8.25. The molecule has 0 saturated heterocycles. The van der Waals surface area contributed by atoms with E-state index in [1.165, 1.54) is 30.3 Å². The Bertz CT molecular complexity index is 915. The summed E-state index contributed by atoms with van der Waals surface area (Å²) in [5.41, 5.74) is -0.0510. The van der Waals surface area contributed by atoms with Crippen LogP contribution < -0.4 is 19.5 Å². The van der Waals surface area contributed by atoms with E-state index in [0.29, 0.717) is 5.56 Å². The summed E-state index contributed by atoms with van der Waals surface area (Å²) in [7, 11) is 0. The number of amides is 1. The average molecular weight is 412 g/mol. The monoisotopic (exact) mass is 412 g/mol. The van der Waals surface area contributed by atoms with E-state index in [0.717, 1.165) is 6.07 Å². The van der Waals surface area contributed by atoms with Gasteiger partial charge in [-0.15, -0.1) is 0 Å². The van der Waals surface area contributed by atoms with E-state index in [9.17, 15) is 28.1 Å². The Morgan fingerprint density at radius 1 is 1.14 bits per heavy atom. The standard InChI is InChI=1S/C18H15F3N2O6/c19-18(20,21)10-29-12-3-1-11(2-4-12)9-22-17(24)13-7-15-16(28-6-5-27-15)8-14(13)23(25)26/h1-4,7-8H,5-6,9-10H2,(H,22,24). The van der Waals surface area contributed by atoms with Crippen molar-refractivity contribution >= 4 is 11.6 Å². The number of hydrogen-bond donors (Lipinski definition) is 1. The first-order valence-electron chi connectivity index (χ1n) is 8.37. The number of halogens is 3. The predicted molar refractivity (Wildman–Crippen MR) is 93.2 cm³/mol. The van der Waals surface area contributed by atoms with Gasteiger partial charge in [0.05, 0.1) is 11.0 Å². The van der Waals surface area contributed by atoms with Crippen LogP contribution in [-0.4, -0.2) is 36.8 Å². The first-order valence-corrected chi connectivity index (χ1v) is 8.37. The van der Waals surface area contributed by atoms with Gasteiger partial charge in [-0.2, -0.15) is 13.2 Å². The van der Waals surface area contributed by atoms with Gasteiger partial charge in [-0.3, -0.25) is 14.9 Å². The molecule has 0 spiro atoms. The molecular weight excluding hydrogens is 397 g/mol. The summed E-state index contributed by atoms with van der Waals surface area (Å²) in [6, 6.07) is 8.00. The lowest BCUT2D eigenvalue weighted by Gasteiger charge is -2.18. The van der Waals surface area contributed by atoms with Gasteiger partial charge in [0.25, 0.3) is 11.6 Å². The molecule has 0 saturated carbocycles. The van der Waals surface area contributed by atoms with Gasteiger partial charge in [-0.25, -0.2) is 0 Å². The highest BCUT2D eigenvalue weighted by Gasteiger charge is 2.28. The summed E-state index contributed by atoms with van der Waals surface area (Å²) in [4.78, 5) is 23.0. The van der Waals surface area contributed by atoms with Crippen LogP contribution in [0.1, 0.15) is 15.9 Å². The average Bonchev–Trinajstić information content (AvgIpc) is 2.69. The van der Waals surface area contributed by atoms with Crippen molar-refractivity contribution in [3.05, 3.63) is 57.6 Å². The smallest absolute Gasteiger partial charge is 0.422 e. The molecule has 29 heavy (non-hydrogen) atoms. The topological polar surface area (TPSA) is 99.9 Å². The van der Waals surface area contributed by atoms with Crippen LogP contribution in [0.15, 0.2) is 36.4 Å². The highest BCUT2D eigenvalue weighted by Crippen LogP contribution is 2.36. The fraction of sp³-hybridized carbons (Fsp3) is 0.278. The van der Waals surface area contributed by atoms with Crippen LogP contribution in [0.2, 0.25) is 0 Å². The fourth-order valence-corrected chi connectivity index (χ4v) is 2.56. The number of carbonyl (C=O) groups is 1. The van der Waals surface area contributed by atoms with Crippen molar-refractivity contribution in [2.45, 2.75) is 12.7 Å². The van der Waals surface area contributed by atoms with Gasteiger partial charge in [0.1, 0.15) is 24.5 Å². The van der Waals surface area contributed by atoms with Crippen LogP contribution in [0, 0.1) is 10.1 Å². The molecule has 2 aromatic rings. The molecule has 0 radical (unpaired) electrons. The number of nitro benzene ring substituents is 1.